The molecule has 2 aromatic carbocycles. The van der Waals surface area contributed by atoms with Crippen LogP contribution in [0.4, 0.5) is 4.39 Å². The Balaban J connectivity index is 1.69. The van der Waals surface area contributed by atoms with Gasteiger partial charge in [0.1, 0.15) is 5.82 Å². The number of hydrogen-bond donors (Lipinski definition) is 3. The summed E-state index contributed by atoms with van der Waals surface area (Å²) in [5.74, 6) is -1.66. The molecule has 0 aliphatic rings. The van der Waals surface area contributed by atoms with Gasteiger partial charge in [0.25, 0.3) is 11.8 Å². The maximum absolute atomic E-state index is 13.3. The van der Waals surface area contributed by atoms with Crippen molar-refractivity contribution in [2.45, 2.75) is 26.3 Å². The van der Waals surface area contributed by atoms with Crippen LogP contribution in [0.25, 0.3) is 5.69 Å². The summed E-state index contributed by atoms with van der Waals surface area (Å²) in [7, 11) is 0. The van der Waals surface area contributed by atoms with Crippen molar-refractivity contribution >= 4 is 17.7 Å². The maximum atomic E-state index is 13.3. The summed E-state index contributed by atoms with van der Waals surface area (Å²) in [6, 6.07) is 12.5. The molecular weight excluding hydrogens is 413 g/mol. The third kappa shape index (κ3) is 5.37. The lowest BCUT2D eigenvalue weighted by Gasteiger charge is -2.13. The molecule has 0 radical (unpaired) electrons. The maximum Gasteiger partial charge on any atom is 0.255 e. The molecule has 166 valence electrons. The zero-order valence-electron chi connectivity index (χ0n) is 17.8. The van der Waals surface area contributed by atoms with Crippen LogP contribution in [-0.2, 0) is 11.3 Å². The van der Waals surface area contributed by atoms with E-state index < -0.39 is 11.8 Å². The van der Waals surface area contributed by atoms with Crippen molar-refractivity contribution in [3.05, 3.63) is 82.9 Å². The van der Waals surface area contributed by atoms with Gasteiger partial charge in [0.15, 0.2) is 0 Å². The summed E-state index contributed by atoms with van der Waals surface area (Å²) in [6.07, 6.45) is 1.50. The number of halogens is 1. The average molecular weight is 437 g/mol. The van der Waals surface area contributed by atoms with Crippen molar-refractivity contribution in [3.8, 4) is 5.69 Å². The number of carbonyl (C=O) groups excluding carboxylic acids is 3. The molecule has 32 heavy (non-hydrogen) atoms. The zero-order chi connectivity index (χ0) is 23.3. The summed E-state index contributed by atoms with van der Waals surface area (Å²) in [4.78, 5) is 35.5. The van der Waals surface area contributed by atoms with E-state index in [0.29, 0.717) is 16.8 Å². The first-order chi connectivity index (χ1) is 15.3. The number of primary amides is 1. The molecule has 3 rings (SSSR count). The fourth-order valence-electron chi connectivity index (χ4n) is 3.20. The Hall–Kier alpha value is -4.01. The van der Waals surface area contributed by atoms with E-state index in [4.69, 9.17) is 5.73 Å². The van der Waals surface area contributed by atoms with Crippen LogP contribution in [0.2, 0.25) is 0 Å². The molecule has 0 fully saturated rings. The van der Waals surface area contributed by atoms with E-state index in [0.717, 1.165) is 11.3 Å². The van der Waals surface area contributed by atoms with Crippen LogP contribution in [0.15, 0.2) is 54.7 Å². The first-order valence-corrected chi connectivity index (χ1v) is 10.0. The predicted octanol–water partition coefficient (Wildman–Crippen LogP) is 2.28. The SMILES string of the molecule is CC(C)c1c(C(=O)NCc2ccc(C(=O)NCC(N)=O)cc2)cnn1-c1ccc(F)cc1. The second kappa shape index (κ2) is 9.86. The van der Waals surface area contributed by atoms with E-state index in [-0.39, 0.29) is 30.7 Å². The standard InChI is InChI=1S/C23H24FN5O3/c1-14(2)21-19(12-28-29(21)18-9-7-17(24)8-10-18)23(32)26-11-15-3-5-16(6-4-15)22(31)27-13-20(25)30/h3-10,12,14H,11,13H2,1-2H3,(H2,25,30)(H,26,32)(H,27,31). The predicted molar refractivity (Wildman–Crippen MR) is 117 cm³/mol. The van der Waals surface area contributed by atoms with Crippen molar-refractivity contribution < 1.29 is 18.8 Å². The number of nitrogens with zero attached hydrogens (tertiary/aromatic N) is 2. The lowest BCUT2D eigenvalue weighted by atomic mass is 10.0. The highest BCUT2D eigenvalue weighted by atomic mass is 19.1. The lowest BCUT2D eigenvalue weighted by Crippen LogP contribution is -2.33. The molecule has 3 amide bonds. The van der Waals surface area contributed by atoms with Gasteiger partial charge in [-0.3, -0.25) is 14.4 Å². The van der Waals surface area contributed by atoms with Crippen LogP contribution in [0, 0.1) is 5.82 Å². The van der Waals surface area contributed by atoms with Gasteiger partial charge in [-0.1, -0.05) is 26.0 Å². The second-order valence-corrected chi connectivity index (χ2v) is 7.51. The molecule has 1 heterocycles. The van der Waals surface area contributed by atoms with E-state index in [1.54, 1.807) is 41.1 Å². The largest absolute Gasteiger partial charge is 0.368 e. The van der Waals surface area contributed by atoms with E-state index in [2.05, 4.69) is 15.7 Å². The van der Waals surface area contributed by atoms with Crippen LogP contribution in [0.5, 0.6) is 0 Å². The summed E-state index contributed by atoms with van der Waals surface area (Å²) in [6.45, 7) is 3.92. The van der Waals surface area contributed by atoms with Gasteiger partial charge in [0.2, 0.25) is 5.91 Å². The summed E-state index contributed by atoms with van der Waals surface area (Å²) in [5.41, 5.74) is 8.01. The molecule has 9 heteroatoms. The van der Waals surface area contributed by atoms with Gasteiger partial charge in [0, 0.05) is 12.1 Å². The third-order valence-electron chi connectivity index (χ3n) is 4.76. The number of hydrogen-bond acceptors (Lipinski definition) is 4. The van der Waals surface area contributed by atoms with Gasteiger partial charge in [-0.05, 0) is 47.9 Å². The minimum atomic E-state index is -0.624. The highest BCUT2D eigenvalue weighted by Gasteiger charge is 2.21. The molecule has 0 unspecified atom stereocenters. The van der Waals surface area contributed by atoms with Gasteiger partial charge in [-0.25, -0.2) is 9.07 Å². The zero-order valence-corrected chi connectivity index (χ0v) is 17.8. The first kappa shape index (κ1) is 22.7. The normalized spacial score (nSPS) is 10.8. The van der Waals surface area contributed by atoms with E-state index >= 15 is 0 Å². The Morgan fingerprint density at radius 1 is 1.00 bits per heavy atom. The molecule has 0 spiro atoms. The molecule has 0 saturated heterocycles. The number of rotatable bonds is 8. The lowest BCUT2D eigenvalue weighted by molar-refractivity contribution is -0.117. The second-order valence-electron chi connectivity index (χ2n) is 7.51. The van der Waals surface area contributed by atoms with Crippen LogP contribution >= 0.6 is 0 Å². The Morgan fingerprint density at radius 2 is 1.66 bits per heavy atom. The topological polar surface area (TPSA) is 119 Å². The number of amides is 3. The molecule has 3 aromatic rings. The summed E-state index contributed by atoms with van der Waals surface area (Å²) >= 11 is 0. The quantitative estimate of drug-likeness (QED) is 0.501. The molecule has 0 aliphatic heterocycles. The molecule has 8 nitrogen and oxygen atoms in total. The van der Waals surface area contributed by atoms with E-state index in [1.165, 1.54) is 18.3 Å². The van der Waals surface area contributed by atoms with Crippen LogP contribution in [-0.4, -0.2) is 34.0 Å². The number of carbonyl (C=O) groups is 3. The third-order valence-corrected chi connectivity index (χ3v) is 4.76. The Morgan fingerprint density at radius 3 is 2.25 bits per heavy atom. The smallest absolute Gasteiger partial charge is 0.255 e. The number of aromatic nitrogens is 2. The number of nitrogens with two attached hydrogens (primary N) is 1. The van der Waals surface area contributed by atoms with Crippen LogP contribution < -0.4 is 16.4 Å². The Labute approximate surface area is 184 Å². The molecule has 1 aromatic heterocycles. The van der Waals surface area contributed by atoms with Gasteiger partial charge < -0.3 is 16.4 Å². The molecule has 4 N–H and O–H groups in total. The molecule has 0 saturated carbocycles. The van der Waals surface area contributed by atoms with Gasteiger partial charge in [-0.2, -0.15) is 5.10 Å². The van der Waals surface area contributed by atoms with Crippen LogP contribution in [0.3, 0.4) is 0 Å². The number of nitrogens with one attached hydrogen (secondary N) is 2. The Kier molecular flexibility index (Phi) is 6.99. The first-order valence-electron chi connectivity index (χ1n) is 10.0. The van der Waals surface area contributed by atoms with Crippen molar-refractivity contribution in [1.82, 2.24) is 20.4 Å². The summed E-state index contributed by atoms with van der Waals surface area (Å²) in [5, 5.41) is 9.60. The van der Waals surface area contributed by atoms with Crippen molar-refractivity contribution in [1.29, 1.82) is 0 Å². The van der Waals surface area contributed by atoms with Gasteiger partial charge in [-0.15, -0.1) is 0 Å². The Bertz CT molecular complexity index is 1120. The number of benzene rings is 2. The highest BCUT2D eigenvalue weighted by Crippen LogP contribution is 2.23. The molecular formula is C23H24FN5O3. The average Bonchev–Trinajstić information content (AvgIpc) is 3.22. The van der Waals surface area contributed by atoms with Gasteiger partial charge >= 0.3 is 0 Å². The fraction of sp³-hybridized carbons (Fsp3) is 0.217. The minimum absolute atomic E-state index is 0.00139. The van der Waals surface area contributed by atoms with E-state index in [9.17, 15) is 18.8 Å². The minimum Gasteiger partial charge on any atom is -0.368 e. The summed E-state index contributed by atoms with van der Waals surface area (Å²) < 4.78 is 14.9. The van der Waals surface area contributed by atoms with Gasteiger partial charge in [0.05, 0.1) is 29.7 Å². The molecule has 0 aliphatic carbocycles. The fourth-order valence-corrected chi connectivity index (χ4v) is 3.20. The van der Waals surface area contributed by atoms with Crippen LogP contribution in [0.1, 0.15) is 51.7 Å². The molecule has 0 atom stereocenters. The highest BCUT2D eigenvalue weighted by molar-refractivity contribution is 5.96. The van der Waals surface area contributed by atoms with Crippen molar-refractivity contribution in [3.63, 3.8) is 0 Å². The van der Waals surface area contributed by atoms with Crippen molar-refractivity contribution in [2.24, 2.45) is 5.73 Å². The van der Waals surface area contributed by atoms with Crippen molar-refractivity contribution in [2.75, 3.05) is 6.54 Å². The van der Waals surface area contributed by atoms with E-state index in [1.807, 2.05) is 13.8 Å². The molecule has 0 bridgehead atoms. The monoisotopic (exact) mass is 437 g/mol.